The summed E-state index contributed by atoms with van der Waals surface area (Å²) in [5, 5.41) is 21.0. The molecule has 1 aliphatic rings. The van der Waals surface area contributed by atoms with Gasteiger partial charge in [0.2, 0.25) is 0 Å². The number of likely N-dealkylation sites (tertiary alicyclic amines) is 1. The zero-order chi connectivity index (χ0) is 22.9. The van der Waals surface area contributed by atoms with Gasteiger partial charge in [0.25, 0.3) is 11.6 Å². The average molecular weight is 421 g/mol. The normalized spacial score (nSPS) is 18.7. The Morgan fingerprint density at radius 2 is 2.03 bits per heavy atom. The molecule has 1 atom stereocenters. The van der Waals surface area contributed by atoms with Crippen LogP contribution in [0.1, 0.15) is 45.2 Å². The van der Waals surface area contributed by atoms with E-state index in [4.69, 9.17) is 9.47 Å². The van der Waals surface area contributed by atoms with Gasteiger partial charge in [-0.05, 0) is 40.2 Å². The molecular weight excluding hydrogens is 401 g/mol. The number of imide groups is 1. The van der Waals surface area contributed by atoms with Crippen LogP contribution in [0.2, 0.25) is 0 Å². The number of hydrogen-bond donors (Lipinski definition) is 0. The number of carbonyl (C=O) groups is 3. The number of carbonyl (C=O) groups excluding carboxylic acids is 3. The third-order valence-electron chi connectivity index (χ3n) is 4.43. The third-order valence-corrected chi connectivity index (χ3v) is 4.43. The Bertz CT molecular complexity index is 964. The van der Waals surface area contributed by atoms with Crippen LogP contribution in [-0.4, -0.2) is 46.5 Å². The Balaban J connectivity index is 2.77. The summed E-state index contributed by atoms with van der Waals surface area (Å²) in [5.41, 5.74) is -5.78. The predicted octanol–water partition coefficient (Wildman–Crippen LogP) is 2.57. The van der Waals surface area contributed by atoms with E-state index in [1.165, 1.54) is 13.0 Å². The minimum absolute atomic E-state index is 0.189. The molecule has 30 heavy (non-hydrogen) atoms. The van der Waals surface area contributed by atoms with Crippen molar-refractivity contribution in [1.29, 1.82) is 5.26 Å². The fraction of sp³-hybridized carbons (Fsp3) is 0.474. The molecule has 0 N–H and O–H groups in total. The minimum Gasteiger partial charge on any atom is -0.465 e. The van der Waals surface area contributed by atoms with Gasteiger partial charge in [-0.15, -0.1) is 0 Å². The molecule has 0 unspecified atom stereocenters. The van der Waals surface area contributed by atoms with Crippen molar-refractivity contribution in [3.8, 4) is 6.07 Å². The first kappa shape index (κ1) is 22.7. The lowest BCUT2D eigenvalue weighted by Crippen LogP contribution is -2.48. The van der Waals surface area contributed by atoms with Gasteiger partial charge in [-0.2, -0.15) is 5.26 Å². The summed E-state index contributed by atoms with van der Waals surface area (Å²) in [4.78, 5) is 49.9. The lowest BCUT2D eigenvalue weighted by atomic mass is 9.75. The molecule has 0 aromatic heterocycles. The number of ether oxygens (including phenoxy) is 2. The van der Waals surface area contributed by atoms with Crippen LogP contribution in [-0.2, 0) is 24.5 Å². The van der Waals surface area contributed by atoms with E-state index in [1.54, 1.807) is 20.8 Å². The lowest BCUT2D eigenvalue weighted by molar-refractivity contribution is -0.386. The van der Waals surface area contributed by atoms with Crippen LogP contribution >= 0.6 is 0 Å². The van der Waals surface area contributed by atoms with Gasteiger partial charge in [-0.25, -0.2) is 14.1 Å². The Labute approximate surface area is 171 Å². The topological polar surface area (TPSA) is 140 Å². The number of esters is 1. The Hall–Kier alpha value is -3.55. The van der Waals surface area contributed by atoms with Gasteiger partial charge in [0.1, 0.15) is 17.5 Å². The molecule has 0 bridgehead atoms. The fourth-order valence-corrected chi connectivity index (χ4v) is 3.25. The summed E-state index contributed by atoms with van der Waals surface area (Å²) in [6.07, 6.45) is -1.51. The predicted molar refractivity (Wildman–Crippen MR) is 98.6 cm³/mol. The molecule has 160 valence electrons. The van der Waals surface area contributed by atoms with Gasteiger partial charge >= 0.3 is 12.1 Å². The second-order valence-electron chi connectivity index (χ2n) is 7.50. The highest BCUT2D eigenvalue weighted by molar-refractivity contribution is 6.15. The van der Waals surface area contributed by atoms with Gasteiger partial charge in [0, 0.05) is 12.6 Å². The fourth-order valence-electron chi connectivity index (χ4n) is 3.25. The van der Waals surface area contributed by atoms with E-state index in [9.17, 15) is 34.2 Å². The first-order valence-electron chi connectivity index (χ1n) is 9.00. The van der Waals surface area contributed by atoms with E-state index in [1.807, 2.05) is 0 Å². The van der Waals surface area contributed by atoms with Crippen LogP contribution in [0, 0.1) is 27.3 Å². The van der Waals surface area contributed by atoms with Gasteiger partial charge in [-0.3, -0.25) is 19.7 Å². The molecule has 10 nitrogen and oxygen atoms in total. The van der Waals surface area contributed by atoms with Gasteiger partial charge < -0.3 is 9.47 Å². The van der Waals surface area contributed by atoms with Crippen molar-refractivity contribution >= 4 is 23.7 Å². The van der Waals surface area contributed by atoms with Crippen molar-refractivity contribution in [1.82, 2.24) is 4.90 Å². The highest BCUT2D eigenvalue weighted by atomic mass is 19.1. The molecule has 0 radical (unpaired) electrons. The Morgan fingerprint density at radius 1 is 1.40 bits per heavy atom. The van der Waals surface area contributed by atoms with Gasteiger partial charge in [0.15, 0.2) is 5.41 Å². The summed E-state index contributed by atoms with van der Waals surface area (Å²) in [6, 6.07) is 2.94. The minimum atomic E-state index is -2.44. The third kappa shape index (κ3) is 3.80. The number of nitro groups is 1. The van der Waals surface area contributed by atoms with Crippen LogP contribution in [0.25, 0.3) is 0 Å². The van der Waals surface area contributed by atoms with Gasteiger partial charge in [-0.1, -0.05) is 0 Å². The molecule has 2 rings (SSSR count). The van der Waals surface area contributed by atoms with E-state index in [2.05, 4.69) is 0 Å². The lowest BCUT2D eigenvalue weighted by Gasteiger charge is -2.27. The molecule has 0 aliphatic carbocycles. The number of rotatable bonds is 4. The molecular formula is C19H20FN3O7. The van der Waals surface area contributed by atoms with Crippen LogP contribution in [0.3, 0.4) is 0 Å². The molecule has 1 saturated heterocycles. The van der Waals surface area contributed by atoms with Crippen molar-refractivity contribution in [2.45, 2.75) is 45.1 Å². The zero-order valence-corrected chi connectivity index (χ0v) is 16.9. The SMILES string of the molecule is CCOC(=O)[C@]1(c2c([N+](=O)[O-])ccc(F)c2C#N)CCN(C(=O)OC(C)(C)C)C1=O. The van der Waals surface area contributed by atoms with Crippen LogP contribution in [0.15, 0.2) is 12.1 Å². The van der Waals surface area contributed by atoms with Crippen molar-refractivity contribution in [3.63, 3.8) is 0 Å². The maximum absolute atomic E-state index is 14.4. The summed E-state index contributed by atoms with van der Waals surface area (Å²) in [5.74, 6) is -3.54. The van der Waals surface area contributed by atoms with Crippen LogP contribution < -0.4 is 0 Å². The Morgan fingerprint density at radius 3 is 2.53 bits per heavy atom. The van der Waals surface area contributed by atoms with Crippen LogP contribution in [0.4, 0.5) is 14.9 Å². The second kappa shape index (κ2) is 8.06. The number of amides is 2. The van der Waals surface area contributed by atoms with Crippen molar-refractivity contribution in [3.05, 3.63) is 39.2 Å². The molecule has 1 fully saturated rings. The van der Waals surface area contributed by atoms with Crippen molar-refractivity contribution in [2.24, 2.45) is 0 Å². The summed E-state index contributed by atoms with van der Waals surface area (Å²) in [7, 11) is 0. The first-order chi connectivity index (χ1) is 13.9. The van der Waals surface area contributed by atoms with Crippen molar-refractivity contribution < 1.29 is 33.2 Å². The van der Waals surface area contributed by atoms with Gasteiger partial charge in [0.05, 0.1) is 22.7 Å². The monoisotopic (exact) mass is 421 g/mol. The number of halogens is 1. The van der Waals surface area contributed by atoms with E-state index >= 15 is 0 Å². The molecule has 1 aromatic carbocycles. The maximum atomic E-state index is 14.4. The number of benzene rings is 1. The van der Waals surface area contributed by atoms with E-state index in [0.717, 1.165) is 6.07 Å². The summed E-state index contributed by atoms with van der Waals surface area (Å²) in [6.45, 7) is 5.61. The number of nitrogens with zero attached hydrogens (tertiary/aromatic N) is 3. The highest BCUT2D eigenvalue weighted by Gasteiger charge is 2.61. The molecule has 1 heterocycles. The largest absolute Gasteiger partial charge is 0.465 e. The molecule has 0 saturated carbocycles. The van der Waals surface area contributed by atoms with E-state index < -0.39 is 63.0 Å². The summed E-state index contributed by atoms with van der Waals surface area (Å²) >= 11 is 0. The highest BCUT2D eigenvalue weighted by Crippen LogP contribution is 2.44. The molecule has 2 amide bonds. The molecule has 1 aromatic rings. The van der Waals surface area contributed by atoms with E-state index in [0.29, 0.717) is 11.0 Å². The maximum Gasteiger partial charge on any atom is 0.417 e. The van der Waals surface area contributed by atoms with Crippen LogP contribution in [0.5, 0.6) is 0 Å². The van der Waals surface area contributed by atoms with Crippen molar-refractivity contribution in [2.75, 3.05) is 13.2 Å². The smallest absolute Gasteiger partial charge is 0.417 e. The zero-order valence-electron chi connectivity index (χ0n) is 16.9. The average Bonchev–Trinajstić information content (AvgIpc) is 2.98. The number of nitro benzene ring substituents is 1. The molecule has 11 heteroatoms. The van der Waals surface area contributed by atoms with E-state index in [-0.39, 0.29) is 13.2 Å². The number of hydrogen-bond acceptors (Lipinski definition) is 8. The quantitative estimate of drug-likeness (QED) is 0.313. The first-order valence-corrected chi connectivity index (χ1v) is 9.00. The second-order valence-corrected chi connectivity index (χ2v) is 7.50. The molecule has 1 aliphatic heterocycles. The number of nitriles is 1. The Kier molecular flexibility index (Phi) is 6.11. The summed E-state index contributed by atoms with van der Waals surface area (Å²) < 4.78 is 24.5. The molecule has 0 spiro atoms. The standard InChI is InChI=1S/C19H20FN3O7/c1-5-29-16(25)19(8-9-22(15(19)24)17(26)30-18(2,3)4)14-11(10-21)12(20)6-7-13(14)23(27)28/h6-7H,5,8-9H2,1-4H3/t19-/m0/s1.